The van der Waals surface area contributed by atoms with E-state index >= 15 is 0 Å². The van der Waals surface area contributed by atoms with E-state index in [0.717, 1.165) is 0 Å². The molecular weight excluding hydrogens is 114 g/mol. The minimum absolute atomic E-state index is 0.00463. The number of carbonyl (C=O) groups is 1. The molecule has 0 saturated carbocycles. The van der Waals surface area contributed by atoms with E-state index in [2.05, 4.69) is 0 Å². The van der Waals surface area contributed by atoms with Gasteiger partial charge in [0.1, 0.15) is 5.41 Å². The summed E-state index contributed by atoms with van der Waals surface area (Å²) in [5.41, 5.74) is -0.783. The quantitative estimate of drug-likeness (QED) is 0.561. The SMILES string of the molecule is CCC(=O)C(C)(C)C#N. The smallest absolute Gasteiger partial charge is 0.152 e. The van der Waals surface area contributed by atoms with Crippen molar-refractivity contribution in [1.29, 1.82) is 5.26 Å². The fourth-order valence-corrected chi connectivity index (χ4v) is 0.504. The number of carbonyl (C=O) groups excluding carboxylic acids is 1. The first-order valence-corrected chi connectivity index (χ1v) is 2.99. The Hall–Kier alpha value is -0.840. The average molecular weight is 125 g/mol. The number of hydrogen-bond acceptors (Lipinski definition) is 2. The molecule has 0 spiro atoms. The van der Waals surface area contributed by atoms with Gasteiger partial charge in [0.15, 0.2) is 5.78 Å². The summed E-state index contributed by atoms with van der Waals surface area (Å²) in [7, 11) is 0. The summed E-state index contributed by atoms with van der Waals surface area (Å²) >= 11 is 0. The monoisotopic (exact) mass is 125 g/mol. The second-order valence-corrected chi connectivity index (χ2v) is 2.51. The van der Waals surface area contributed by atoms with E-state index in [1.54, 1.807) is 20.8 Å². The van der Waals surface area contributed by atoms with Gasteiger partial charge in [-0.1, -0.05) is 6.92 Å². The topological polar surface area (TPSA) is 40.9 Å². The fraction of sp³-hybridized carbons (Fsp3) is 0.714. The standard InChI is InChI=1S/C7H11NO/c1-4-6(9)7(2,3)5-8/h4H2,1-3H3. The van der Waals surface area contributed by atoms with E-state index < -0.39 is 5.41 Å². The van der Waals surface area contributed by atoms with E-state index in [9.17, 15) is 4.79 Å². The van der Waals surface area contributed by atoms with Crippen molar-refractivity contribution in [1.82, 2.24) is 0 Å². The van der Waals surface area contributed by atoms with Crippen LogP contribution in [0.25, 0.3) is 0 Å². The van der Waals surface area contributed by atoms with Gasteiger partial charge in [-0.25, -0.2) is 0 Å². The van der Waals surface area contributed by atoms with Gasteiger partial charge in [0, 0.05) is 6.42 Å². The highest BCUT2D eigenvalue weighted by atomic mass is 16.1. The molecule has 0 atom stereocenters. The van der Waals surface area contributed by atoms with Gasteiger partial charge in [0.25, 0.3) is 0 Å². The molecule has 0 bridgehead atoms. The fourth-order valence-electron chi connectivity index (χ4n) is 0.504. The summed E-state index contributed by atoms with van der Waals surface area (Å²) in [4.78, 5) is 10.8. The number of nitrogens with zero attached hydrogens (tertiary/aromatic N) is 1. The number of rotatable bonds is 2. The normalized spacial score (nSPS) is 10.4. The van der Waals surface area contributed by atoms with Crippen molar-refractivity contribution in [2.75, 3.05) is 0 Å². The van der Waals surface area contributed by atoms with Crippen molar-refractivity contribution in [2.24, 2.45) is 5.41 Å². The zero-order valence-corrected chi connectivity index (χ0v) is 6.06. The first-order valence-electron chi connectivity index (χ1n) is 2.99. The lowest BCUT2D eigenvalue weighted by atomic mass is 9.89. The number of hydrogen-bond donors (Lipinski definition) is 0. The van der Waals surface area contributed by atoms with Crippen LogP contribution in [0.1, 0.15) is 27.2 Å². The Kier molecular flexibility index (Phi) is 2.39. The lowest BCUT2D eigenvalue weighted by Crippen LogP contribution is -2.20. The van der Waals surface area contributed by atoms with Crippen LogP contribution in [-0.2, 0) is 4.79 Å². The maximum absolute atomic E-state index is 10.8. The molecule has 2 nitrogen and oxygen atoms in total. The van der Waals surface area contributed by atoms with E-state index in [4.69, 9.17) is 5.26 Å². The first kappa shape index (κ1) is 8.16. The largest absolute Gasteiger partial charge is 0.298 e. The lowest BCUT2D eigenvalue weighted by Gasteiger charge is -2.10. The van der Waals surface area contributed by atoms with Gasteiger partial charge in [-0.15, -0.1) is 0 Å². The maximum atomic E-state index is 10.8. The highest BCUT2D eigenvalue weighted by Crippen LogP contribution is 2.15. The molecule has 0 aliphatic carbocycles. The lowest BCUT2D eigenvalue weighted by molar-refractivity contribution is -0.124. The van der Waals surface area contributed by atoms with Crippen LogP contribution in [-0.4, -0.2) is 5.78 Å². The predicted octanol–water partition coefficient (Wildman–Crippen LogP) is 1.52. The molecule has 0 radical (unpaired) electrons. The molecule has 0 heterocycles. The molecule has 0 rings (SSSR count). The molecule has 50 valence electrons. The molecule has 0 aliphatic heterocycles. The second kappa shape index (κ2) is 2.63. The van der Waals surface area contributed by atoms with E-state index in [1.807, 2.05) is 6.07 Å². The molecule has 0 saturated heterocycles. The van der Waals surface area contributed by atoms with Gasteiger partial charge in [0.05, 0.1) is 6.07 Å². The van der Waals surface area contributed by atoms with Crippen LogP contribution in [0.3, 0.4) is 0 Å². The molecule has 0 aromatic heterocycles. The van der Waals surface area contributed by atoms with Crippen LogP contribution in [0.15, 0.2) is 0 Å². The average Bonchev–Trinajstić information content (AvgIpc) is 1.86. The van der Waals surface area contributed by atoms with Crippen molar-refractivity contribution in [3.8, 4) is 6.07 Å². The molecule has 0 aromatic carbocycles. The number of ketones is 1. The Morgan fingerprint density at radius 2 is 2.11 bits per heavy atom. The van der Waals surface area contributed by atoms with Gasteiger partial charge in [-0.3, -0.25) is 4.79 Å². The second-order valence-electron chi connectivity index (χ2n) is 2.51. The third-order valence-corrected chi connectivity index (χ3v) is 1.30. The molecule has 0 aromatic rings. The molecular formula is C7H11NO. The summed E-state index contributed by atoms with van der Waals surface area (Å²) in [6.45, 7) is 5.04. The summed E-state index contributed by atoms with van der Waals surface area (Å²) < 4.78 is 0. The molecule has 0 aliphatic rings. The Labute approximate surface area is 55.5 Å². The molecule has 2 heteroatoms. The maximum Gasteiger partial charge on any atom is 0.152 e. The summed E-state index contributed by atoms with van der Waals surface area (Å²) in [5, 5.41) is 8.42. The van der Waals surface area contributed by atoms with Crippen molar-refractivity contribution in [2.45, 2.75) is 27.2 Å². The molecule has 0 fully saturated rings. The summed E-state index contributed by atoms with van der Waals surface area (Å²) in [5.74, 6) is 0.00463. The van der Waals surface area contributed by atoms with Crippen molar-refractivity contribution in [3.05, 3.63) is 0 Å². The Morgan fingerprint density at radius 3 is 2.22 bits per heavy atom. The number of Topliss-reactive ketones (excluding diaryl/α,β-unsaturated/α-hetero) is 1. The third-order valence-electron chi connectivity index (χ3n) is 1.30. The summed E-state index contributed by atoms with van der Waals surface area (Å²) in [6, 6.07) is 1.94. The van der Waals surface area contributed by atoms with Crippen molar-refractivity contribution in [3.63, 3.8) is 0 Å². The predicted molar refractivity (Wildman–Crippen MR) is 34.7 cm³/mol. The minimum Gasteiger partial charge on any atom is -0.298 e. The number of nitriles is 1. The van der Waals surface area contributed by atoms with Crippen LogP contribution >= 0.6 is 0 Å². The van der Waals surface area contributed by atoms with Gasteiger partial charge < -0.3 is 0 Å². The van der Waals surface area contributed by atoms with Crippen LogP contribution in [0.4, 0.5) is 0 Å². The highest BCUT2D eigenvalue weighted by Gasteiger charge is 2.24. The Bertz CT molecular complexity index is 153. The molecule has 0 amide bonds. The van der Waals surface area contributed by atoms with Crippen LogP contribution < -0.4 is 0 Å². The van der Waals surface area contributed by atoms with Gasteiger partial charge >= 0.3 is 0 Å². The Morgan fingerprint density at radius 1 is 1.67 bits per heavy atom. The third kappa shape index (κ3) is 1.85. The minimum atomic E-state index is -0.783. The van der Waals surface area contributed by atoms with Gasteiger partial charge in [-0.2, -0.15) is 5.26 Å². The van der Waals surface area contributed by atoms with Crippen LogP contribution in [0, 0.1) is 16.7 Å². The molecule has 9 heavy (non-hydrogen) atoms. The van der Waals surface area contributed by atoms with E-state index in [1.165, 1.54) is 0 Å². The van der Waals surface area contributed by atoms with Crippen LogP contribution in [0.5, 0.6) is 0 Å². The van der Waals surface area contributed by atoms with Gasteiger partial charge in [-0.05, 0) is 13.8 Å². The van der Waals surface area contributed by atoms with Gasteiger partial charge in [0.2, 0.25) is 0 Å². The van der Waals surface area contributed by atoms with Crippen molar-refractivity contribution < 1.29 is 4.79 Å². The molecule has 0 N–H and O–H groups in total. The zero-order chi connectivity index (χ0) is 7.49. The molecule has 0 unspecified atom stereocenters. The van der Waals surface area contributed by atoms with E-state index in [-0.39, 0.29) is 5.78 Å². The zero-order valence-electron chi connectivity index (χ0n) is 6.06. The van der Waals surface area contributed by atoms with E-state index in [0.29, 0.717) is 6.42 Å². The Balaban J connectivity index is 4.19. The van der Waals surface area contributed by atoms with Crippen molar-refractivity contribution >= 4 is 5.78 Å². The first-order chi connectivity index (χ1) is 4.04. The van der Waals surface area contributed by atoms with Crippen LogP contribution in [0.2, 0.25) is 0 Å². The summed E-state index contributed by atoms with van der Waals surface area (Å²) in [6.07, 6.45) is 0.445. The highest BCUT2D eigenvalue weighted by molar-refractivity contribution is 5.86.